The Morgan fingerprint density at radius 3 is 2.10 bits per heavy atom. The van der Waals surface area contributed by atoms with E-state index in [4.69, 9.17) is 11.6 Å². The van der Waals surface area contributed by atoms with E-state index < -0.39 is 0 Å². The summed E-state index contributed by atoms with van der Waals surface area (Å²) >= 11 is 5.96. The average molecular weight is 302 g/mol. The van der Waals surface area contributed by atoms with Crippen LogP contribution >= 0.6 is 11.6 Å². The minimum Gasteiger partial charge on any atom is -0.352 e. The Hall–Kier alpha value is -1.80. The number of carbonyl (C=O) groups excluding carboxylic acids is 1. The maximum atomic E-state index is 12.0. The number of hydrogen-bond acceptors (Lipinski definition) is 1. The summed E-state index contributed by atoms with van der Waals surface area (Å²) in [6, 6.07) is 20.1. The van der Waals surface area contributed by atoms with Crippen LogP contribution < -0.4 is 5.32 Å². The highest BCUT2D eigenvalue weighted by Crippen LogP contribution is 2.06. The van der Waals surface area contributed by atoms with Gasteiger partial charge in [0, 0.05) is 18.3 Å². The Kier molecular flexibility index (Phi) is 6.29. The van der Waals surface area contributed by atoms with E-state index in [1.807, 2.05) is 48.5 Å². The Bertz CT molecular complexity index is 542. The molecule has 0 spiro atoms. The molecule has 0 saturated heterocycles. The van der Waals surface area contributed by atoms with Crippen molar-refractivity contribution >= 4 is 17.5 Å². The highest BCUT2D eigenvalue weighted by atomic mass is 35.5. The predicted molar refractivity (Wildman–Crippen MR) is 87.6 cm³/mol. The van der Waals surface area contributed by atoms with E-state index in [1.165, 1.54) is 11.1 Å². The van der Waals surface area contributed by atoms with Crippen LogP contribution in [0.15, 0.2) is 60.7 Å². The highest BCUT2D eigenvalue weighted by molar-refractivity contribution is 6.18. The summed E-state index contributed by atoms with van der Waals surface area (Å²) in [6.45, 7) is 0. The Morgan fingerprint density at radius 1 is 0.952 bits per heavy atom. The lowest BCUT2D eigenvalue weighted by atomic mass is 10.1. The SMILES string of the molecule is O=C(CCc1ccccc1)NC(CCl)Cc1ccccc1. The zero-order chi connectivity index (χ0) is 14.9. The molecule has 1 N–H and O–H groups in total. The second kappa shape index (κ2) is 8.48. The van der Waals surface area contributed by atoms with Crippen LogP contribution in [0.25, 0.3) is 0 Å². The van der Waals surface area contributed by atoms with E-state index in [1.54, 1.807) is 0 Å². The largest absolute Gasteiger partial charge is 0.352 e. The molecule has 0 aliphatic rings. The van der Waals surface area contributed by atoms with Crippen LogP contribution in [0.4, 0.5) is 0 Å². The monoisotopic (exact) mass is 301 g/mol. The summed E-state index contributed by atoms with van der Waals surface area (Å²) in [5.41, 5.74) is 2.37. The van der Waals surface area contributed by atoms with Gasteiger partial charge in [0.2, 0.25) is 5.91 Å². The van der Waals surface area contributed by atoms with Crippen molar-refractivity contribution in [1.82, 2.24) is 5.32 Å². The number of alkyl halides is 1. The van der Waals surface area contributed by atoms with Crippen molar-refractivity contribution in [3.8, 4) is 0 Å². The van der Waals surface area contributed by atoms with E-state index in [-0.39, 0.29) is 11.9 Å². The molecule has 0 heterocycles. The number of aryl methyl sites for hydroxylation is 1. The predicted octanol–water partition coefficient (Wildman–Crippen LogP) is 3.59. The second-order valence-electron chi connectivity index (χ2n) is 5.09. The number of carbonyl (C=O) groups is 1. The van der Waals surface area contributed by atoms with Gasteiger partial charge in [-0.15, -0.1) is 11.6 Å². The molecule has 0 bridgehead atoms. The van der Waals surface area contributed by atoms with Gasteiger partial charge >= 0.3 is 0 Å². The summed E-state index contributed by atoms with van der Waals surface area (Å²) in [5, 5.41) is 3.01. The molecule has 3 heteroatoms. The molecule has 1 atom stereocenters. The van der Waals surface area contributed by atoms with Gasteiger partial charge in [0.05, 0.1) is 0 Å². The Balaban J connectivity index is 1.80. The molecule has 0 aromatic heterocycles. The number of nitrogens with one attached hydrogen (secondary N) is 1. The molecular formula is C18H20ClNO. The summed E-state index contributed by atoms with van der Waals surface area (Å²) in [5.74, 6) is 0.479. The summed E-state index contributed by atoms with van der Waals surface area (Å²) in [4.78, 5) is 12.0. The normalized spacial score (nSPS) is 11.9. The maximum Gasteiger partial charge on any atom is 0.220 e. The smallest absolute Gasteiger partial charge is 0.220 e. The zero-order valence-corrected chi connectivity index (χ0v) is 12.7. The van der Waals surface area contributed by atoms with Crippen LogP contribution in [-0.4, -0.2) is 17.8 Å². The lowest BCUT2D eigenvalue weighted by Gasteiger charge is -2.16. The molecule has 0 fully saturated rings. The fraction of sp³-hybridized carbons (Fsp3) is 0.278. The number of benzene rings is 2. The summed E-state index contributed by atoms with van der Waals surface area (Å²) in [6.07, 6.45) is 2.01. The molecule has 2 rings (SSSR count). The minimum atomic E-state index is -0.0164. The molecule has 0 aliphatic heterocycles. The molecule has 2 aromatic rings. The van der Waals surface area contributed by atoms with Crippen molar-refractivity contribution in [3.63, 3.8) is 0 Å². The van der Waals surface area contributed by atoms with E-state index in [9.17, 15) is 4.79 Å². The summed E-state index contributed by atoms with van der Waals surface area (Å²) in [7, 11) is 0. The van der Waals surface area contributed by atoms with Crippen molar-refractivity contribution in [1.29, 1.82) is 0 Å². The summed E-state index contributed by atoms with van der Waals surface area (Å²) < 4.78 is 0. The van der Waals surface area contributed by atoms with Gasteiger partial charge in [0.15, 0.2) is 0 Å². The van der Waals surface area contributed by atoms with E-state index >= 15 is 0 Å². The van der Waals surface area contributed by atoms with Crippen LogP contribution in [0.5, 0.6) is 0 Å². The fourth-order valence-electron chi connectivity index (χ4n) is 2.25. The molecule has 1 amide bonds. The third-order valence-electron chi connectivity index (χ3n) is 3.36. The quantitative estimate of drug-likeness (QED) is 0.778. The van der Waals surface area contributed by atoms with Crippen LogP contribution in [0, 0.1) is 0 Å². The molecule has 0 radical (unpaired) electrons. The van der Waals surface area contributed by atoms with Crippen LogP contribution in [0.1, 0.15) is 17.5 Å². The Morgan fingerprint density at radius 2 is 1.52 bits per heavy atom. The molecule has 0 saturated carbocycles. The lowest BCUT2D eigenvalue weighted by molar-refractivity contribution is -0.121. The third kappa shape index (κ3) is 5.60. The molecule has 1 unspecified atom stereocenters. The second-order valence-corrected chi connectivity index (χ2v) is 5.40. The number of halogens is 1. The van der Waals surface area contributed by atoms with Gasteiger partial charge in [-0.1, -0.05) is 60.7 Å². The standard InChI is InChI=1S/C18H20ClNO/c19-14-17(13-16-9-5-2-6-10-16)20-18(21)12-11-15-7-3-1-4-8-15/h1-10,17H,11-14H2,(H,20,21). The first-order valence-corrected chi connectivity index (χ1v) is 7.74. The van der Waals surface area contributed by atoms with Crippen LogP contribution in [0.3, 0.4) is 0 Å². The van der Waals surface area contributed by atoms with E-state index in [0.29, 0.717) is 12.3 Å². The molecule has 2 nitrogen and oxygen atoms in total. The van der Waals surface area contributed by atoms with Gasteiger partial charge < -0.3 is 5.32 Å². The fourth-order valence-corrected chi connectivity index (χ4v) is 2.43. The van der Waals surface area contributed by atoms with E-state index in [2.05, 4.69) is 17.4 Å². The zero-order valence-electron chi connectivity index (χ0n) is 12.0. The number of hydrogen-bond donors (Lipinski definition) is 1. The molecule has 110 valence electrons. The van der Waals surface area contributed by atoms with E-state index in [0.717, 1.165) is 12.8 Å². The van der Waals surface area contributed by atoms with Gasteiger partial charge in [-0.25, -0.2) is 0 Å². The van der Waals surface area contributed by atoms with Gasteiger partial charge in [-0.05, 0) is 24.0 Å². The van der Waals surface area contributed by atoms with Gasteiger partial charge in [-0.2, -0.15) is 0 Å². The molecule has 2 aromatic carbocycles. The molecular weight excluding hydrogens is 282 g/mol. The average Bonchev–Trinajstić information content (AvgIpc) is 2.54. The molecule has 21 heavy (non-hydrogen) atoms. The topological polar surface area (TPSA) is 29.1 Å². The van der Waals surface area contributed by atoms with Gasteiger partial charge in [0.25, 0.3) is 0 Å². The van der Waals surface area contributed by atoms with Crippen molar-refractivity contribution in [3.05, 3.63) is 71.8 Å². The number of amides is 1. The Labute approximate surface area is 131 Å². The first kappa shape index (κ1) is 15.6. The maximum absolute atomic E-state index is 12.0. The van der Waals surface area contributed by atoms with Gasteiger partial charge in [0.1, 0.15) is 0 Å². The van der Waals surface area contributed by atoms with Crippen molar-refractivity contribution in [2.45, 2.75) is 25.3 Å². The minimum absolute atomic E-state index is 0.0164. The van der Waals surface area contributed by atoms with Crippen molar-refractivity contribution < 1.29 is 4.79 Å². The molecule has 0 aliphatic carbocycles. The van der Waals surface area contributed by atoms with Crippen molar-refractivity contribution in [2.24, 2.45) is 0 Å². The first-order chi connectivity index (χ1) is 10.3. The first-order valence-electron chi connectivity index (χ1n) is 7.21. The van der Waals surface area contributed by atoms with Crippen LogP contribution in [0.2, 0.25) is 0 Å². The van der Waals surface area contributed by atoms with Crippen LogP contribution in [-0.2, 0) is 17.6 Å². The third-order valence-corrected chi connectivity index (χ3v) is 3.73. The van der Waals surface area contributed by atoms with Gasteiger partial charge in [-0.3, -0.25) is 4.79 Å². The lowest BCUT2D eigenvalue weighted by Crippen LogP contribution is -2.37. The van der Waals surface area contributed by atoms with Crippen molar-refractivity contribution in [2.75, 3.05) is 5.88 Å². The highest BCUT2D eigenvalue weighted by Gasteiger charge is 2.12. The number of rotatable bonds is 7.